The van der Waals surface area contributed by atoms with Crippen molar-refractivity contribution in [2.24, 2.45) is 0 Å². The summed E-state index contributed by atoms with van der Waals surface area (Å²) in [6.45, 7) is 3.99. The van der Waals surface area contributed by atoms with Gasteiger partial charge in [0.1, 0.15) is 11.6 Å². The van der Waals surface area contributed by atoms with Gasteiger partial charge in [0.2, 0.25) is 5.95 Å². The second-order valence-corrected chi connectivity index (χ2v) is 8.60. The Kier molecular flexibility index (Phi) is 6.43. The molecule has 1 aliphatic heterocycles. The minimum atomic E-state index is -0.350. The van der Waals surface area contributed by atoms with Crippen LogP contribution in [0.2, 0.25) is 0 Å². The van der Waals surface area contributed by atoms with Crippen molar-refractivity contribution in [3.05, 3.63) is 47.0 Å². The molecule has 0 saturated carbocycles. The standard InChI is InChI=1S/C22H25FN6OS/c1-13-20(17-4-3-14(23)9-18(17)30-2)21-19(31-13)12-27-22(29-21)28-16(10-24)11-26-15-5-7-25-8-6-15/h3-4,9-12,15,24-26H,5-8H2,1-2H3,(H,27,28,29)/b16-11+,24-10?. The van der Waals surface area contributed by atoms with Gasteiger partial charge in [-0.15, -0.1) is 11.3 Å². The first kappa shape index (κ1) is 21.2. The van der Waals surface area contributed by atoms with Gasteiger partial charge < -0.3 is 26.1 Å². The van der Waals surface area contributed by atoms with E-state index < -0.39 is 0 Å². The van der Waals surface area contributed by atoms with Crippen LogP contribution >= 0.6 is 11.3 Å². The van der Waals surface area contributed by atoms with Crippen molar-refractivity contribution in [3.63, 3.8) is 0 Å². The van der Waals surface area contributed by atoms with Gasteiger partial charge in [-0.1, -0.05) is 0 Å². The molecule has 1 fully saturated rings. The summed E-state index contributed by atoms with van der Waals surface area (Å²) < 4.78 is 20.0. The fourth-order valence-electron chi connectivity index (χ4n) is 3.70. The van der Waals surface area contributed by atoms with E-state index in [4.69, 9.17) is 15.1 Å². The number of benzene rings is 1. The summed E-state index contributed by atoms with van der Waals surface area (Å²) in [7, 11) is 1.53. The Morgan fingerprint density at radius 2 is 2.16 bits per heavy atom. The highest BCUT2D eigenvalue weighted by Gasteiger charge is 2.18. The summed E-state index contributed by atoms with van der Waals surface area (Å²) in [4.78, 5) is 10.2. The number of piperidine rings is 1. The minimum absolute atomic E-state index is 0.350. The van der Waals surface area contributed by atoms with Gasteiger partial charge in [-0.2, -0.15) is 0 Å². The molecule has 0 amide bonds. The maximum absolute atomic E-state index is 13.7. The van der Waals surface area contributed by atoms with Crippen LogP contribution < -0.4 is 20.7 Å². The summed E-state index contributed by atoms with van der Waals surface area (Å²) in [5.74, 6) is 0.508. The summed E-state index contributed by atoms with van der Waals surface area (Å²) in [5, 5.41) is 17.6. The van der Waals surface area contributed by atoms with Crippen LogP contribution in [0.3, 0.4) is 0 Å². The van der Waals surface area contributed by atoms with Gasteiger partial charge in [0.05, 0.1) is 29.2 Å². The van der Waals surface area contributed by atoms with Gasteiger partial charge in [0, 0.05) is 40.5 Å². The van der Waals surface area contributed by atoms with Gasteiger partial charge in [0.15, 0.2) is 0 Å². The molecule has 1 aliphatic rings. The molecule has 7 nitrogen and oxygen atoms in total. The Bertz CT molecular complexity index is 1120. The Morgan fingerprint density at radius 1 is 1.35 bits per heavy atom. The van der Waals surface area contributed by atoms with Crippen LogP contribution in [0.4, 0.5) is 10.3 Å². The van der Waals surface area contributed by atoms with E-state index in [1.54, 1.807) is 29.8 Å². The average molecular weight is 441 g/mol. The van der Waals surface area contributed by atoms with Crippen LogP contribution in [-0.2, 0) is 0 Å². The summed E-state index contributed by atoms with van der Waals surface area (Å²) >= 11 is 1.58. The molecule has 3 aromatic rings. The molecule has 0 spiro atoms. The molecule has 4 N–H and O–H groups in total. The Hall–Kier alpha value is -3.04. The van der Waals surface area contributed by atoms with Gasteiger partial charge in [-0.3, -0.25) is 0 Å². The number of aryl methyl sites for hydroxylation is 1. The number of ether oxygens (including phenoxy) is 1. The van der Waals surface area contributed by atoms with E-state index in [0.29, 0.717) is 23.4 Å². The highest BCUT2D eigenvalue weighted by atomic mass is 32.1. The highest BCUT2D eigenvalue weighted by molar-refractivity contribution is 7.19. The van der Waals surface area contributed by atoms with E-state index in [2.05, 4.69) is 20.9 Å². The molecule has 3 heterocycles. The van der Waals surface area contributed by atoms with Crippen molar-refractivity contribution in [1.29, 1.82) is 5.41 Å². The smallest absolute Gasteiger partial charge is 0.227 e. The number of hydrogen-bond donors (Lipinski definition) is 4. The lowest BCUT2D eigenvalue weighted by atomic mass is 10.0. The predicted octanol–water partition coefficient (Wildman–Crippen LogP) is 4.06. The van der Waals surface area contributed by atoms with Crippen LogP contribution in [0.1, 0.15) is 17.7 Å². The molecule has 0 aliphatic carbocycles. The van der Waals surface area contributed by atoms with E-state index in [1.165, 1.54) is 25.5 Å². The maximum Gasteiger partial charge on any atom is 0.227 e. The normalized spacial score (nSPS) is 15.1. The minimum Gasteiger partial charge on any atom is -0.496 e. The molecule has 4 rings (SSSR count). The number of nitrogens with zero attached hydrogens (tertiary/aromatic N) is 2. The number of aromatic nitrogens is 2. The molecule has 2 aromatic heterocycles. The predicted molar refractivity (Wildman–Crippen MR) is 124 cm³/mol. The van der Waals surface area contributed by atoms with Gasteiger partial charge in [0.25, 0.3) is 0 Å². The monoisotopic (exact) mass is 440 g/mol. The lowest BCUT2D eigenvalue weighted by molar-refractivity contribution is 0.413. The Labute approximate surface area is 184 Å². The second-order valence-electron chi connectivity index (χ2n) is 7.34. The average Bonchev–Trinajstić information content (AvgIpc) is 3.12. The van der Waals surface area contributed by atoms with Crippen LogP contribution in [0, 0.1) is 18.2 Å². The van der Waals surface area contributed by atoms with Crippen molar-refractivity contribution in [3.8, 4) is 16.9 Å². The summed E-state index contributed by atoms with van der Waals surface area (Å²) in [5.41, 5.74) is 3.02. The lowest BCUT2D eigenvalue weighted by Crippen LogP contribution is -2.38. The molecule has 0 bridgehead atoms. The van der Waals surface area contributed by atoms with Crippen LogP contribution in [0.25, 0.3) is 21.3 Å². The molecule has 0 unspecified atom stereocenters. The number of hydrogen-bond acceptors (Lipinski definition) is 8. The number of nitrogens with one attached hydrogen (secondary N) is 4. The van der Waals surface area contributed by atoms with E-state index in [0.717, 1.165) is 52.2 Å². The number of anilines is 1. The van der Waals surface area contributed by atoms with Crippen molar-refractivity contribution in [2.75, 3.05) is 25.5 Å². The van der Waals surface area contributed by atoms with Gasteiger partial charge in [-0.25, -0.2) is 14.4 Å². The molecule has 162 valence electrons. The zero-order valence-electron chi connectivity index (χ0n) is 17.5. The largest absolute Gasteiger partial charge is 0.496 e. The molecule has 9 heteroatoms. The summed E-state index contributed by atoms with van der Waals surface area (Å²) in [6, 6.07) is 4.90. The lowest BCUT2D eigenvalue weighted by Gasteiger charge is -2.23. The first-order chi connectivity index (χ1) is 15.1. The van der Waals surface area contributed by atoms with Crippen molar-refractivity contribution >= 4 is 33.7 Å². The first-order valence-electron chi connectivity index (χ1n) is 10.1. The maximum atomic E-state index is 13.7. The topological polar surface area (TPSA) is 95.0 Å². The number of allylic oxidation sites excluding steroid dienone is 1. The molecular formula is C22H25FN6OS. The number of fused-ring (bicyclic) bond motifs is 1. The molecule has 0 atom stereocenters. The number of methoxy groups -OCH3 is 1. The molecule has 0 radical (unpaired) electrons. The van der Waals surface area contributed by atoms with Crippen molar-refractivity contribution in [1.82, 2.24) is 20.6 Å². The van der Waals surface area contributed by atoms with Crippen molar-refractivity contribution in [2.45, 2.75) is 25.8 Å². The van der Waals surface area contributed by atoms with E-state index in [9.17, 15) is 4.39 Å². The van der Waals surface area contributed by atoms with E-state index in [-0.39, 0.29) is 5.82 Å². The third kappa shape index (κ3) is 4.67. The zero-order chi connectivity index (χ0) is 21.8. The fraction of sp³-hybridized carbons (Fsp3) is 0.318. The van der Waals surface area contributed by atoms with E-state index in [1.807, 2.05) is 6.92 Å². The third-order valence-electron chi connectivity index (χ3n) is 5.27. The highest BCUT2D eigenvalue weighted by Crippen LogP contribution is 2.41. The SMILES string of the molecule is COc1cc(F)ccc1-c1c(C)sc2cnc(N/C(C=N)=C/NC3CCNCC3)nc12. The Balaban J connectivity index is 1.64. The van der Waals surface area contributed by atoms with Crippen LogP contribution in [-0.4, -0.2) is 42.4 Å². The van der Waals surface area contributed by atoms with Gasteiger partial charge in [-0.05, 0) is 45.0 Å². The molecule has 31 heavy (non-hydrogen) atoms. The molecule has 1 aromatic carbocycles. The number of thiophene rings is 1. The fourth-order valence-corrected chi connectivity index (χ4v) is 4.68. The second kappa shape index (κ2) is 9.40. The number of halogens is 1. The summed E-state index contributed by atoms with van der Waals surface area (Å²) in [6.07, 6.45) is 6.90. The van der Waals surface area contributed by atoms with E-state index >= 15 is 0 Å². The molecular weight excluding hydrogens is 415 g/mol. The van der Waals surface area contributed by atoms with Gasteiger partial charge >= 0.3 is 0 Å². The quantitative estimate of drug-likeness (QED) is 0.414. The first-order valence-corrected chi connectivity index (χ1v) is 10.9. The van der Waals surface area contributed by atoms with Crippen LogP contribution in [0.5, 0.6) is 5.75 Å². The van der Waals surface area contributed by atoms with Crippen LogP contribution in [0.15, 0.2) is 36.3 Å². The molecule has 1 saturated heterocycles. The third-order valence-corrected chi connectivity index (χ3v) is 6.29. The zero-order valence-corrected chi connectivity index (χ0v) is 18.3. The number of rotatable bonds is 7. The Morgan fingerprint density at radius 3 is 2.90 bits per heavy atom. The van der Waals surface area contributed by atoms with Crippen molar-refractivity contribution < 1.29 is 9.13 Å².